The quantitative estimate of drug-likeness (QED) is 0.809. The number of rotatable bonds is 5. The number of halogens is 2. The van der Waals surface area contributed by atoms with Crippen molar-refractivity contribution < 1.29 is 4.39 Å². The van der Waals surface area contributed by atoms with Crippen molar-refractivity contribution in [1.82, 2.24) is 0 Å². The summed E-state index contributed by atoms with van der Waals surface area (Å²) in [4.78, 5) is 2.21. The Morgan fingerprint density at radius 3 is 2.65 bits per heavy atom. The molecule has 0 aliphatic rings. The van der Waals surface area contributed by atoms with E-state index in [0.29, 0.717) is 6.54 Å². The fourth-order valence-electron chi connectivity index (χ4n) is 2.21. The van der Waals surface area contributed by atoms with Gasteiger partial charge in [0.05, 0.1) is 0 Å². The van der Waals surface area contributed by atoms with Gasteiger partial charge in [-0.05, 0) is 48.4 Å². The molecule has 0 fully saturated rings. The highest BCUT2D eigenvalue weighted by Crippen LogP contribution is 2.22. The summed E-state index contributed by atoms with van der Waals surface area (Å²) in [5.74, 6) is -0.224. The van der Waals surface area contributed by atoms with Crippen LogP contribution < -0.4 is 10.6 Å². The second-order valence-corrected chi connectivity index (χ2v) is 5.71. The van der Waals surface area contributed by atoms with Crippen LogP contribution in [0.25, 0.3) is 0 Å². The van der Waals surface area contributed by atoms with E-state index in [-0.39, 0.29) is 5.82 Å². The number of anilines is 2. The number of nitrogens with two attached hydrogens (primary N) is 1. The van der Waals surface area contributed by atoms with Crippen molar-refractivity contribution in [2.45, 2.75) is 19.9 Å². The molecule has 20 heavy (non-hydrogen) atoms. The minimum absolute atomic E-state index is 0.224. The molecule has 0 saturated heterocycles. The predicted molar refractivity (Wildman–Crippen MR) is 86.3 cm³/mol. The van der Waals surface area contributed by atoms with E-state index in [1.807, 2.05) is 30.3 Å². The fourth-order valence-corrected chi connectivity index (χ4v) is 2.73. The van der Waals surface area contributed by atoms with Crippen molar-refractivity contribution in [2.24, 2.45) is 0 Å². The number of hydrogen-bond donors (Lipinski definition) is 1. The summed E-state index contributed by atoms with van der Waals surface area (Å²) in [6.07, 6.45) is 1.02. The zero-order valence-electron chi connectivity index (χ0n) is 11.4. The first kappa shape index (κ1) is 14.9. The summed E-state index contributed by atoms with van der Waals surface area (Å²) < 4.78 is 14.2. The summed E-state index contributed by atoms with van der Waals surface area (Å²) in [5.41, 5.74) is 8.58. The Balaban J connectivity index is 2.25. The van der Waals surface area contributed by atoms with Gasteiger partial charge in [0.2, 0.25) is 0 Å². The molecule has 0 heterocycles. The average Bonchev–Trinajstić information content (AvgIpc) is 2.37. The van der Waals surface area contributed by atoms with Gasteiger partial charge >= 0.3 is 0 Å². The first-order chi connectivity index (χ1) is 9.58. The Bertz CT molecular complexity index is 566. The highest BCUT2D eigenvalue weighted by Gasteiger charge is 2.08. The van der Waals surface area contributed by atoms with Gasteiger partial charge in [-0.25, -0.2) is 4.39 Å². The van der Waals surface area contributed by atoms with Crippen molar-refractivity contribution in [3.8, 4) is 0 Å². The third-order valence-corrected chi connectivity index (χ3v) is 3.48. The first-order valence-electron chi connectivity index (χ1n) is 6.64. The van der Waals surface area contributed by atoms with Crippen molar-refractivity contribution in [3.05, 3.63) is 58.3 Å². The number of nitrogens with zero attached hydrogens (tertiary/aromatic N) is 1. The van der Waals surface area contributed by atoms with Crippen LogP contribution in [-0.4, -0.2) is 6.54 Å². The number of benzene rings is 2. The van der Waals surface area contributed by atoms with Gasteiger partial charge in [-0.3, -0.25) is 0 Å². The van der Waals surface area contributed by atoms with Gasteiger partial charge in [-0.1, -0.05) is 28.9 Å². The molecule has 0 unspecified atom stereocenters. The van der Waals surface area contributed by atoms with Crippen LogP contribution in [0, 0.1) is 5.82 Å². The number of nitrogen functional groups attached to an aromatic ring is 1. The zero-order valence-corrected chi connectivity index (χ0v) is 13.0. The molecule has 2 nitrogen and oxygen atoms in total. The average molecular weight is 337 g/mol. The minimum Gasteiger partial charge on any atom is -0.399 e. The van der Waals surface area contributed by atoms with Gasteiger partial charge in [-0.2, -0.15) is 0 Å². The molecule has 2 aromatic carbocycles. The molecule has 0 aliphatic heterocycles. The lowest BCUT2D eigenvalue weighted by atomic mass is 10.1. The van der Waals surface area contributed by atoms with Crippen LogP contribution in [0.1, 0.15) is 18.9 Å². The SMILES string of the molecule is CCCN(Cc1cc(F)cc(Br)c1)c1cccc(N)c1. The molecule has 0 saturated carbocycles. The summed E-state index contributed by atoms with van der Waals surface area (Å²) in [6.45, 7) is 3.69. The van der Waals surface area contributed by atoms with Crippen molar-refractivity contribution in [2.75, 3.05) is 17.2 Å². The van der Waals surface area contributed by atoms with Gasteiger partial charge in [0.25, 0.3) is 0 Å². The van der Waals surface area contributed by atoms with Crippen LogP contribution in [-0.2, 0) is 6.54 Å². The van der Waals surface area contributed by atoms with E-state index < -0.39 is 0 Å². The summed E-state index contributed by atoms with van der Waals surface area (Å²) in [6, 6.07) is 12.8. The molecule has 2 N–H and O–H groups in total. The monoisotopic (exact) mass is 336 g/mol. The third-order valence-electron chi connectivity index (χ3n) is 3.02. The molecule has 4 heteroatoms. The van der Waals surface area contributed by atoms with Crippen molar-refractivity contribution in [1.29, 1.82) is 0 Å². The third kappa shape index (κ3) is 3.97. The lowest BCUT2D eigenvalue weighted by Gasteiger charge is -2.25. The Morgan fingerprint density at radius 1 is 1.20 bits per heavy atom. The molecule has 0 aliphatic carbocycles. The topological polar surface area (TPSA) is 29.3 Å². The van der Waals surface area contributed by atoms with Gasteiger partial charge in [0.1, 0.15) is 5.82 Å². The van der Waals surface area contributed by atoms with Crippen LogP contribution >= 0.6 is 15.9 Å². The standard InChI is InChI=1S/C16H18BrFN2/c1-2-6-20(16-5-3-4-15(19)10-16)11-12-7-13(17)9-14(18)8-12/h3-5,7-10H,2,6,11,19H2,1H3. The molecule has 106 valence electrons. The molecule has 2 aromatic rings. The molecular weight excluding hydrogens is 319 g/mol. The highest BCUT2D eigenvalue weighted by atomic mass is 79.9. The number of hydrogen-bond acceptors (Lipinski definition) is 2. The Labute approximate surface area is 127 Å². The van der Waals surface area contributed by atoms with Gasteiger partial charge in [-0.15, -0.1) is 0 Å². The van der Waals surface area contributed by atoms with Gasteiger partial charge in [0.15, 0.2) is 0 Å². The summed E-state index contributed by atoms with van der Waals surface area (Å²) in [7, 11) is 0. The first-order valence-corrected chi connectivity index (χ1v) is 7.43. The maximum Gasteiger partial charge on any atom is 0.124 e. The Hall–Kier alpha value is -1.55. The second-order valence-electron chi connectivity index (χ2n) is 4.79. The molecule has 0 amide bonds. The molecule has 0 spiro atoms. The van der Waals surface area contributed by atoms with Crippen LogP contribution in [0.4, 0.5) is 15.8 Å². The van der Waals surface area contributed by atoms with Crippen molar-refractivity contribution >= 4 is 27.3 Å². The normalized spacial score (nSPS) is 10.6. The smallest absolute Gasteiger partial charge is 0.124 e. The lowest BCUT2D eigenvalue weighted by molar-refractivity contribution is 0.623. The molecule has 2 rings (SSSR count). The fraction of sp³-hybridized carbons (Fsp3) is 0.250. The molecule has 0 aromatic heterocycles. The maximum atomic E-state index is 13.5. The highest BCUT2D eigenvalue weighted by molar-refractivity contribution is 9.10. The zero-order chi connectivity index (χ0) is 14.5. The maximum absolute atomic E-state index is 13.5. The largest absolute Gasteiger partial charge is 0.399 e. The second kappa shape index (κ2) is 6.75. The van der Waals surface area contributed by atoms with Gasteiger partial charge in [0, 0.05) is 28.9 Å². The van der Waals surface area contributed by atoms with E-state index in [1.165, 1.54) is 6.07 Å². The van der Waals surface area contributed by atoms with E-state index in [0.717, 1.165) is 34.4 Å². The molecular formula is C16H18BrFN2. The van der Waals surface area contributed by atoms with E-state index in [2.05, 4.69) is 27.8 Å². The molecule has 0 bridgehead atoms. The Kier molecular flexibility index (Phi) is 5.01. The molecule has 0 radical (unpaired) electrons. The van der Waals surface area contributed by atoms with E-state index in [1.54, 1.807) is 6.07 Å². The summed E-state index contributed by atoms with van der Waals surface area (Å²) >= 11 is 3.33. The van der Waals surface area contributed by atoms with E-state index in [9.17, 15) is 4.39 Å². The van der Waals surface area contributed by atoms with Crippen LogP contribution in [0.3, 0.4) is 0 Å². The lowest BCUT2D eigenvalue weighted by Crippen LogP contribution is -2.23. The predicted octanol–water partition coefficient (Wildman–Crippen LogP) is 4.59. The summed E-state index contributed by atoms with van der Waals surface area (Å²) in [5, 5.41) is 0. The van der Waals surface area contributed by atoms with Crippen LogP contribution in [0.15, 0.2) is 46.9 Å². The van der Waals surface area contributed by atoms with Crippen LogP contribution in [0.2, 0.25) is 0 Å². The molecule has 0 atom stereocenters. The van der Waals surface area contributed by atoms with E-state index >= 15 is 0 Å². The minimum atomic E-state index is -0.224. The van der Waals surface area contributed by atoms with Crippen molar-refractivity contribution in [3.63, 3.8) is 0 Å². The Morgan fingerprint density at radius 2 is 2.00 bits per heavy atom. The van der Waals surface area contributed by atoms with E-state index in [4.69, 9.17) is 5.73 Å². The van der Waals surface area contributed by atoms with Crippen LogP contribution in [0.5, 0.6) is 0 Å². The van der Waals surface area contributed by atoms with Gasteiger partial charge < -0.3 is 10.6 Å².